The summed E-state index contributed by atoms with van der Waals surface area (Å²) in [6.45, 7) is 1.41. The van der Waals surface area contributed by atoms with Crippen LogP contribution in [0.4, 0.5) is 0 Å². The highest BCUT2D eigenvalue weighted by Gasteiger charge is 2.20. The van der Waals surface area contributed by atoms with Gasteiger partial charge in [0.05, 0.1) is 5.56 Å². The molecule has 1 atom stereocenters. The molecule has 0 saturated heterocycles. The molecule has 1 aromatic heterocycles. The fraction of sp³-hybridized carbons (Fsp3) is 0.158. The molecule has 3 aromatic rings. The normalized spacial score (nSPS) is 11.6. The van der Waals surface area contributed by atoms with Crippen LogP contribution in [0.5, 0.6) is 5.75 Å². The Labute approximate surface area is 154 Å². The van der Waals surface area contributed by atoms with Gasteiger partial charge in [-0.3, -0.25) is 4.79 Å². The Morgan fingerprint density at radius 3 is 2.44 bits per heavy atom. The molecule has 8 nitrogen and oxygen atoms in total. The second-order valence-corrected chi connectivity index (χ2v) is 5.64. The lowest BCUT2D eigenvalue weighted by Gasteiger charge is -2.10. The topological polar surface area (TPSA) is 118 Å². The Bertz CT molecular complexity index is 922. The van der Waals surface area contributed by atoms with Gasteiger partial charge in [0, 0.05) is 5.56 Å². The number of nitrogens with two attached hydrogens (primary N) is 1. The van der Waals surface area contributed by atoms with Gasteiger partial charge in [-0.15, -0.1) is 10.2 Å². The summed E-state index contributed by atoms with van der Waals surface area (Å²) in [5, 5.41) is 7.91. The van der Waals surface area contributed by atoms with Crippen molar-refractivity contribution in [2.24, 2.45) is 5.73 Å². The molecule has 3 rings (SSSR count). The Morgan fingerprint density at radius 1 is 1.07 bits per heavy atom. The molecule has 2 aromatic carbocycles. The highest BCUT2D eigenvalue weighted by atomic mass is 16.6. The van der Waals surface area contributed by atoms with Gasteiger partial charge >= 0.3 is 5.97 Å². The molecule has 1 amide bonds. The van der Waals surface area contributed by atoms with E-state index >= 15 is 0 Å². The maximum atomic E-state index is 12.3. The molecule has 1 heterocycles. The molecule has 138 valence electrons. The van der Waals surface area contributed by atoms with Gasteiger partial charge in [-0.05, 0) is 43.3 Å². The van der Waals surface area contributed by atoms with Gasteiger partial charge < -0.3 is 19.6 Å². The molecule has 0 radical (unpaired) electrons. The van der Waals surface area contributed by atoms with E-state index in [2.05, 4.69) is 10.2 Å². The average Bonchev–Trinajstić information content (AvgIpc) is 3.18. The number of ether oxygens (including phenoxy) is 2. The molecule has 0 spiro atoms. The lowest BCUT2D eigenvalue weighted by atomic mass is 10.2. The summed E-state index contributed by atoms with van der Waals surface area (Å²) in [4.78, 5) is 23.0. The van der Waals surface area contributed by atoms with E-state index in [1.54, 1.807) is 19.1 Å². The number of nitrogens with zero attached hydrogens (tertiary/aromatic N) is 2. The summed E-state index contributed by atoms with van der Waals surface area (Å²) >= 11 is 0. The van der Waals surface area contributed by atoms with Crippen LogP contribution in [0.2, 0.25) is 0 Å². The van der Waals surface area contributed by atoms with Crippen molar-refractivity contribution < 1.29 is 23.5 Å². The van der Waals surface area contributed by atoms with Crippen LogP contribution in [0, 0.1) is 0 Å². The Morgan fingerprint density at radius 2 is 1.78 bits per heavy atom. The molecule has 0 aliphatic carbocycles. The summed E-state index contributed by atoms with van der Waals surface area (Å²) in [5.74, 6) is -0.166. The molecule has 0 unspecified atom stereocenters. The summed E-state index contributed by atoms with van der Waals surface area (Å²) in [7, 11) is 0. The minimum atomic E-state index is -0.715. The van der Waals surface area contributed by atoms with Gasteiger partial charge in [-0.2, -0.15) is 0 Å². The zero-order valence-electron chi connectivity index (χ0n) is 14.5. The number of benzene rings is 2. The Kier molecular flexibility index (Phi) is 5.46. The van der Waals surface area contributed by atoms with Crippen LogP contribution in [0.15, 0.2) is 59.0 Å². The van der Waals surface area contributed by atoms with Crippen LogP contribution in [0.3, 0.4) is 0 Å². The zero-order valence-corrected chi connectivity index (χ0v) is 14.5. The molecule has 0 saturated carbocycles. The van der Waals surface area contributed by atoms with E-state index in [0.29, 0.717) is 17.2 Å². The van der Waals surface area contributed by atoms with E-state index in [-0.39, 0.29) is 12.5 Å². The third-order valence-electron chi connectivity index (χ3n) is 3.56. The van der Waals surface area contributed by atoms with E-state index in [4.69, 9.17) is 19.6 Å². The molecule has 2 N–H and O–H groups in total. The molecule has 0 aliphatic heterocycles. The maximum Gasteiger partial charge on any atom is 0.338 e. The SMILES string of the molecule is C[C@H](OC(=O)c1ccc(OCC(N)=O)cc1)c1nnc(-c2ccccc2)o1. The first-order valence-corrected chi connectivity index (χ1v) is 8.14. The molecular weight excluding hydrogens is 350 g/mol. The molecule has 0 fully saturated rings. The zero-order chi connectivity index (χ0) is 19.2. The summed E-state index contributed by atoms with van der Waals surface area (Å²) in [6.07, 6.45) is -0.715. The number of carbonyl (C=O) groups is 2. The van der Waals surface area contributed by atoms with E-state index < -0.39 is 18.0 Å². The molecule has 27 heavy (non-hydrogen) atoms. The third-order valence-corrected chi connectivity index (χ3v) is 3.56. The van der Waals surface area contributed by atoms with Gasteiger partial charge in [-0.1, -0.05) is 18.2 Å². The van der Waals surface area contributed by atoms with Crippen molar-refractivity contribution >= 4 is 11.9 Å². The fourth-order valence-electron chi connectivity index (χ4n) is 2.22. The van der Waals surface area contributed by atoms with Gasteiger partial charge in [0.2, 0.25) is 5.89 Å². The first-order chi connectivity index (χ1) is 13.0. The second kappa shape index (κ2) is 8.13. The molecule has 0 bridgehead atoms. The van der Waals surface area contributed by atoms with Crippen LogP contribution < -0.4 is 10.5 Å². The summed E-state index contributed by atoms with van der Waals surface area (Å²) < 4.78 is 16.1. The number of amides is 1. The lowest BCUT2D eigenvalue weighted by molar-refractivity contribution is -0.119. The van der Waals surface area contributed by atoms with Crippen molar-refractivity contribution in [1.29, 1.82) is 0 Å². The van der Waals surface area contributed by atoms with Crippen molar-refractivity contribution in [3.63, 3.8) is 0 Å². The smallest absolute Gasteiger partial charge is 0.338 e. The molecule has 8 heteroatoms. The summed E-state index contributed by atoms with van der Waals surface area (Å²) in [5.41, 5.74) is 6.10. The predicted octanol–water partition coefficient (Wildman–Crippen LogP) is 2.52. The predicted molar refractivity (Wildman–Crippen MR) is 94.7 cm³/mol. The van der Waals surface area contributed by atoms with E-state index in [1.165, 1.54) is 12.1 Å². The largest absolute Gasteiger partial charge is 0.484 e. The van der Waals surface area contributed by atoms with Crippen LogP contribution >= 0.6 is 0 Å². The van der Waals surface area contributed by atoms with Crippen molar-refractivity contribution in [3.05, 3.63) is 66.1 Å². The monoisotopic (exact) mass is 367 g/mol. The van der Waals surface area contributed by atoms with Gasteiger partial charge in [-0.25, -0.2) is 4.79 Å². The van der Waals surface area contributed by atoms with Crippen molar-refractivity contribution in [2.45, 2.75) is 13.0 Å². The maximum absolute atomic E-state index is 12.3. The van der Waals surface area contributed by atoms with Crippen molar-refractivity contribution in [2.75, 3.05) is 6.61 Å². The number of aromatic nitrogens is 2. The quantitative estimate of drug-likeness (QED) is 0.638. The van der Waals surface area contributed by atoms with Gasteiger partial charge in [0.1, 0.15) is 5.75 Å². The number of esters is 1. The number of rotatable bonds is 7. The first kappa shape index (κ1) is 18.1. The minimum absolute atomic E-state index is 0.198. The fourth-order valence-corrected chi connectivity index (χ4v) is 2.22. The highest BCUT2D eigenvalue weighted by Crippen LogP contribution is 2.23. The van der Waals surface area contributed by atoms with Gasteiger partial charge in [0.25, 0.3) is 11.8 Å². The number of primary amides is 1. The second-order valence-electron chi connectivity index (χ2n) is 5.64. The lowest BCUT2D eigenvalue weighted by Crippen LogP contribution is -2.20. The van der Waals surface area contributed by atoms with Gasteiger partial charge in [0.15, 0.2) is 12.7 Å². The van der Waals surface area contributed by atoms with Crippen LogP contribution in [-0.4, -0.2) is 28.7 Å². The minimum Gasteiger partial charge on any atom is -0.484 e. The van der Waals surface area contributed by atoms with Crippen LogP contribution in [0.1, 0.15) is 29.3 Å². The number of carbonyl (C=O) groups excluding carboxylic acids is 2. The van der Waals surface area contributed by atoms with Crippen LogP contribution in [0.25, 0.3) is 11.5 Å². The van der Waals surface area contributed by atoms with Crippen molar-refractivity contribution in [3.8, 4) is 17.2 Å². The summed E-state index contributed by atoms with van der Waals surface area (Å²) in [6, 6.07) is 15.4. The van der Waals surface area contributed by atoms with E-state index in [0.717, 1.165) is 5.56 Å². The molecular formula is C19H17N3O5. The van der Waals surface area contributed by atoms with Crippen molar-refractivity contribution in [1.82, 2.24) is 10.2 Å². The Hall–Kier alpha value is -3.68. The highest BCUT2D eigenvalue weighted by molar-refractivity contribution is 5.89. The Balaban J connectivity index is 1.62. The standard InChI is InChI=1S/C19H17N3O5/c1-12(17-21-22-18(27-17)13-5-3-2-4-6-13)26-19(24)14-7-9-15(10-8-14)25-11-16(20)23/h2-10,12H,11H2,1H3,(H2,20,23)/t12-/m0/s1. The van der Waals surface area contributed by atoms with E-state index in [1.807, 2.05) is 30.3 Å². The number of hydrogen-bond donors (Lipinski definition) is 1. The third kappa shape index (κ3) is 4.69. The van der Waals surface area contributed by atoms with Crippen LogP contribution in [-0.2, 0) is 9.53 Å². The number of hydrogen-bond acceptors (Lipinski definition) is 7. The van der Waals surface area contributed by atoms with E-state index in [9.17, 15) is 9.59 Å². The average molecular weight is 367 g/mol. The first-order valence-electron chi connectivity index (χ1n) is 8.14. The molecule has 0 aliphatic rings.